The summed E-state index contributed by atoms with van der Waals surface area (Å²) in [6.45, 7) is 17.5. The zero-order valence-corrected chi connectivity index (χ0v) is 27.1. The van der Waals surface area contributed by atoms with Gasteiger partial charge in [0.25, 0.3) is 0 Å². The largest absolute Gasteiger partial charge is 0.391 e. The molecule has 0 saturated carbocycles. The number of nitrogens with one attached hydrogen (secondary N) is 1. The van der Waals surface area contributed by atoms with Crippen molar-refractivity contribution in [3.05, 3.63) is 65.1 Å². The highest BCUT2D eigenvalue weighted by Crippen LogP contribution is 2.30. The molecule has 1 aromatic carbocycles. The van der Waals surface area contributed by atoms with Crippen LogP contribution in [0.5, 0.6) is 0 Å². The Kier molecular flexibility index (Phi) is 16.9. The summed E-state index contributed by atoms with van der Waals surface area (Å²) >= 11 is 5.17. The number of allylic oxidation sites excluding steroid dienone is 1. The van der Waals surface area contributed by atoms with Crippen molar-refractivity contribution < 1.29 is 19.2 Å². The molecule has 10 heteroatoms. The van der Waals surface area contributed by atoms with Gasteiger partial charge in [0.2, 0.25) is 12.3 Å². The van der Waals surface area contributed by atoms with Crippen LogP contribution in [-0.4, -0.2) is 57.9 Å². The highest BCUT2D eigenvalue weighted by Gasteiger charge is 2.35. The molecule has 4 rings (SSSR count). The van der Waals surface area contributed by atoms with Gasteiger partial charge in [0.15, 0.2) is 0 Å². The van der Waals surface area contributed by atoms with Crippen molar-refractivity contribution in [2.75, 3.05) is 19.3 Å². The van der Waals surface area contributed by atoms with Gasteiger partial charge in [0.05, 0.1) is 22.2 Å². The Bertz CT molecular complexity index is 1190. The highest BCUT2D eigenvalue weighted by molar-refractivity contribution is 7.79. The normalized spacial score (nSPS) is 14.5. The summed E-state index contributed by atoms with van der Waals surface area (Å²) in [5.74, 6) is 0.317. The molecule has 41 heavy (non-hydrogen) atoms. The van der Waals surface area contributed by atoms with Crippen LogP contribution in [0, 0.1) is 12.8 Å². The molecule has 2 N–H and O–H groups in total. The molecular formula is C31H46N4O4S2. The van der Waals surface area contributed by atoms with Crippen LogP contribution in [0.3, 0.4) is 0 Å². The molecule has 1 fully saturated rings. The molecular weight excluding hydrogens is 556 g/mol. The molecule has 8 nitrogen and oxygen atoms in total. The smallest absolute Gasteiger partial charge is 0.233 e. The second-order valence-corrected chi connectivity index (χ2v) is 10.9. The molecule has 2 atom stereocenters. The van der Waals surface area contributed by atoms with Gasteiger partial charge in [-0.25, -0.2) is 4.98 Å². The van der Waals surface area contributed by atoms with Crippen LogP contribution in [0.1, 0.15) is 76.1 Å². The first kappa shape index (κ1) is 36.1. The first-order valence-electron chi connectivity index (χ1n) is 13.8. The zero-order chi connectivity index (χ0) is 30.9. The number of thiol groups is 1. The lowest BCUT2D eigenvalue weighted by atomic mass is 9.91. The topological polar surface area (TPSA) is 109 Å². The first-order valence-corrected chi connectivity index (χ1v) is 15.6. The molecule has 0 aliphatic carbocycles. The maximum absolute atomic E-state index is 12.6. The molecule has 226 valence electrons. The number of nitrogens with zero attached hydrogens (tertiary/aromatic N) is 3. The lowest BCUT2D eigenvalue weighted by molar-refractivity contribution is -0.133. The van der Waals surface area contributed by atoms with E-state index in [1.54, 1.807) is 28.6 Å². The Labute approximate surface area is 254 Å². The van der Waals surface area contributed by atoms with E-state index in [0.717, 1.165) is 16.8 Å². The molecule has 1 saturated heterocycles. The second kappa shape index (κ2) is 19.2. The fraction of sp³-hybridized carbons (Fsp3) is 0.484. The molecule has 2 aromatic heterocycles. The van der Waals surface area contributed by atoms with Crippen LogP contribution in [0.25, 0.3) is 16.0 Å². The number of aromatic nitrogens is 2. The van der Waals surface area contributed by atoms with Gasteiger partial charge in [-0.05, 0) is 49.1 Å². The molecule has 1 aliphatic heterocycles. The van der Waals surface area contributed by atoms with E-state index in [-0.39, 0.29) is 17.7 Å². The Morgan fingerprint density at radius 2 is 1.93 bits per heavy atom. The monoisotopic (exact) mass is 602 g/mol. The lowest BCUT2D eigenvalue weighted by Crippen LogP contribution is -2.35. The van der Waals surface area contributed by atoms with Crippen LogP contribution in [0.4, 0.5) is 0 Å². The van der Waals surface area contributed by atoms with E-state index < -0.39 is 6.10 Å². The quantitative estimate of drug-likeness (QED) is 0.204. The van der Waals surface area contributed by atoms with Crippen LogP contribution < -0.4 is 5.32 Å². The van der Waals surface area contributed by atoms with E-state index in [2.05, 4.69) is 60.6 Å². The Balaban J connectivity index is 0.000000360. The third kappa shape index (κ3) is 11.4. The number of carbonyl (C=O) groups excluding carboxylic acids is 2. The summed E-state index contributed by atoms with van der Waals surface area (Å²) in [6, 6.07) is 9.94. The average molecular weight is 603 g/mol. The van der Waals surface area contributed by atoms with Crippen LogP contribution in [-0.2, 0) is 16.1 Å². The van der Waals surface area contributed by atoms with Gasteiger partial charge in [-0.3, -0.25) is 9.59 Å². The predicted molar refractivity (Wildman–Crippen MR) is 172 cm³/mol. The standard InChI is InChI=1S/C15H22N2O3.C12H12N2OS.C3H8.CH4S/c1-9(2)12-7-13(20-16-12)14(10(3)4)15(19)17-6-5-11(18)8-17;1-9-12(16-8-14-9)11-4-2-10(3-5-11)6-13-7-15;1-3-2;1-2/h7,10-11,14,18H,1,5-6,8H2,2-4H3;2-5,7-8H,6H2,1H3,(H,13,15);3H2,1-2H3;2H,1H3. The third-order valence-corrected chi connectivity index (χ3v) is 7.01. The number of thiazole rings is 1. The molecule has 1 aliphatic rings. The summed E-state index contributed by atoms with van der Waals surface area (Å²) in [4.78, 5) is 29.9. The number of aliphatic hydroxyl groups excluding tert-OH is 1. The number of rotatable bonds is 8. The SMILES string of the molecule is C=C(C)c1cc(C(C(=O)N2CCC(O)C2)C(C)C)on1.CCC.CS.Cc1ncsc1-c1ccc(CNC=O)cc1. The zero-order valence-electron chi connectivity index (χ0n) is 25.4. The number of likely N-dealkylation sites (tertiary alicyclic amines) is 1. The van der Waals surface area contributed by atoms with Gasteiger partial charge in [0, 0.05) is 25.7 Å². The fourth-order valence-electron chi connectivity index (χ4n) is 4.02. The number of aryl methyl sites for hydroxylation is 1. The summed E-state index contributed by atoms with van der Waals surface area (Å²) in [7, 11) is 0. The van der Waals surface area contributed by atoms with Crippen molar-refractivity contribution in [2.45, 2.75) is 73.0 Å². The number of benzene rings is 1. The minimum absolute atomic E-state index is 0.000894. The minimum atomic E-state index is -0.410. The van der Waals surface area contributed by atoms with Gasteiger partial charge < -0.3 is 19.8 Å². The van der Waals surface area contributed by atoms with E-state index in [0.29, 0.717) is 43.9 Å². The van der Waals surface area contributed by atoms with Gasteiger partial charge in [-0.1, -0.05) is 70.1 Å². The number of carbonyl (C=O) groups is 2. The molecule has 2 amide bonds. The Hall–Kier alpha value is -2.95. The van der Waals surface area contributed by atoms with Crippen LogP contribution >= 0.6 is 24.0 Å². The van der Waals surface area contributed by atoms with Crippen molar-refractivity contribution in [1.29, 1.82) is 0 Å². The minimum Gasteiger partial charge on any atom is -0.391 e. The van der Waals surface area contributed by atoms with Crippen molar-refractivity contribution >= 4 is 41.9 Å². The Morgan fingerprint density at radius 1 is 1.29 bits per heavy atom. The molecule has 3 aromatic rings. The average Bonchev–Trinajstić information content (AvgIpc) is 3.71. The fourth-order valence-corrected chi connectivity index (χ4v) is 4.84. The van der Waals surface area contributed by atoms with E-state index >= 15 is 0 Å². The van der Waals surface area contributed by atoms with Crippen LogP contribution in [0.2, 0.25) is 0 Å². The number of hydrogen-bond donors (Lipinski definition) is 3. The van der Waals surface area contributed by atoms with Crippen molar-refractivity contribution in [3.63, 3.8) is 0 Å². The maximum Gasteiger partial charge on any atom is 0.233 e. The molecule has 0 bridgehead atoms. The van der Waals surface area contributed by atoms with E-state index in [9.17, 15) is 14.7 Å². The summed E-state index contributed by atoms with van der Waals surface area (Å²) in [5.41, 5.74) is 6.68. The van der Waals surface area contributed by atoms with E-state index in [1.807, 2.05) is 45.3 Å². The van der Waals surface area contributed by atoms with Gasteiger partial charge in [0.1, 0.15) is 17.4 Å². The highest BCUT2D eigenvalue weighted by atomic mass is 32.1. The van der Waals surface area contributed by atoms with Crippen molar-refractivity contribution in [3.8, 4) is 10.4 Å². The van der Waals surface area contributed by atoms with Crippen LogP contribution in [0.15, 0.2) is 46.9 Å². The summed E-state index contributed by atoms with van der Waals surface area (Å²) in [6.07, 6.45) is 3.89. The number of amides is 2. The predicted octanol–water partition coefficient (Wildman–Crippen LogP) is 6.37. The first-order chi connectivity index (χ1) is 19.6. The van der Waals surface area contributed by atoms with Crippen molar-refractivity contribution in [2.24, 2.45) is 5.92 Å². The second-order valence-electron chi connectivity index (χ2n) is 10.0. The van der Waals surface area contributed by atoms with E-state index in [4.69, 9.17) is 4.52 Å². The summed E-state index contributed by atoms with van der Waals surface area (Å²) < 4.78 is 5.34. The number of β-amino-alcohol motifs (C(OH)–C–C–N with tert-alkyl or cyclic N) is 1. The maximum atomic E-state index is 12.6. The third-order valence-electron chi connectivity index (χ3n) is 6.03. The molecule has 3 heterocycles. The van der Waals surface area contributed by atoms with Crippen molar-refractivity contribution in [1.82, 2.24) is 20.4 Å². The summed E-state index contributed by atoms with van der Waals surface area (Å²) in [5, 5.41) is 16.2. The number of hydrogen-bond acceptors (Lipinski definition) is 8. The lowest BCUT2D eigenvalue weighted by Gasteiger charge is -2.23. The van der Waals surface area contributed by atoms with Gasteiger partial charge in [-0.2, -0.15) is 12.6 Å². The number of aliphatic hydroxyl groups is 1. The van der Waals surface area contributed by atoms with Gasteiger partial charge in [-0.15, -0.1) is 11.3 Å². The van der Waals surface area contributed by atoms with Gasteiger partial charge >= 0.3 is 0 Å². The molecule has 2 unspecified atom stereocenters. The Morgan fingerprint density at radius 3 is 2.37 bits per heavy atom. The molecule has 0 spiro atoms. The molecule has 0 radical (unpaired) electrons. The van der Waals surface area contributed by atoms with E-state index in [1.165, 1.54) is 16.9 Å².